The van der Waals surface area contributed by atoms with Crippen molar-refractivity contribution in [1.29, 1.82) is 0 Å². The second-order valence-electron chi connectivity index (χ2n) is 7.66. The summed E-state index contributed by atoms with van der Waals surface area (Å²) in [4.78, 5) is 48.4. The molecular formula is C19H20N2O6. The number of fused-ring (bicyclic) bond motifs is 1. The first-order valence-electron chi connectivity index (χ1n) is 8.52. The maximum absolute atomic E-state index is 12.5. The summed E-state index contributed by atoms with van der Waals surface area (Å²) >= 11 is 0. The Morgan fingerprint density at radius 3 is 2.56 bits per heavy atom. The molecular weight excluding hydrogens is 352 g/mol. The van der Waals surface area contributed by atoms with E-state index < -0.39 is 35.1 Å². The predicted molar refractivity (Wildman–Crippen MR) is 94.7 cm³/mol. The SMILES string of the molecule is CC(C)=C[C@@H]1[C@@H](C(=O)OCN2C(=O)c3cccc([N+](=O)[O-])c3C2=O)C1(C)C. The minimum Gasteiger partial charge on any atom is -0.443 e. The van der Waals surface area contributed by atoms with E-state index in [-0.39, 0.29) is 28.4 Å². The summed E-state index contributed by atoms with van der Waals surface area (Å²) in [5, 5.41) is 11.1. The fourth-order valence-corrected chi connectivity index (χ4v) is 3.60. The van der Waals surface area contributed by atoms with Gasteiger partial charge < -0.3 is 4.74 Å². The molecule has 0 aromatic heterocycles. The van der Waals surface area contributed by atoms with Crippen LogP contribution in [0.5, 0.6) is 0 Å². The summed E-state index contributed by atoms with van der Waals surface area (Å²) in [5.41, 5.74) is 0.0783. The summed E-state index contributed by atoms with van der Waals surface area (Å²) in [5.74, 6) is -2.34. The molecule has 0 saturated heterocycles. The lowest BCUT2D eigenvalue weighted by molar-refractivity contribution is -0.385. The van der Waals surface area contributed by atoms with E-state index in [1.165, 1.54) is 12.1 Å². The fourth-order valence-electron chi connectivity index (χ4n) is 3.60. The van der Waals surface area contributed by atoms with E-state index in [4.69, 9.17) is 4.74 Å². The molecule has 142 valence electrons. The number of carbonyl (C=O) groups excluding carboxylic acids is 3. The zero-order valence-corrected chi connectivity index (χ0v) is 15.5. The Hall–Kier alpha value is -3.03. The van der Waals surface area contributed by atoms with E-state index in [1.54, 1.807) is 0 Å². The van der Waals surface area contributed by atoms with E-state index in [2.05, 4.69) is 0 Å². The number of amides is 2. The zero-order valence-electron chi connectivity index (χ0n) is 15.5. The minimum atomic E-state index is -0.828. The van der Waals surface area contributed by atoms with Crippen molar-refractivity contribution in [3.63, 3.8) is 0 Å². The number of nitro benzene ring substituents is 1. The Morgan fingerprint density at radius 1 is 1.30 bits per heavy atom. The lowest BCUT2D eigenvalue weighted by atomic mass is 10.1. The number of nitrogens with zero attached hydrogens (tertiary/aromatic N) is 2. The van der Waals surface area contributed by atoms with E-state index in [0.29, 0.717) is 0 Å². The van der Waals surface area contributed by atoms with Crippen LogP contribution in [0, 0.1) is 27.4 Å². The average Bonchev–Trinajstić information content (AvgIpc) is 3.02. The van der Waals surface area contributed by atoms with Gasteiger partial charge >= 0.3 is 5.97 Å². The summed E-state index contributed by atoms with van der Waals surface area (Å²) in [6.07, 6.45) is 2.01. The highest BCUT2D eigenvalue weighted by Crippen LogP contribution is 2.59. The Labute approximate surface area is 155 Å². The van der Waals surface area contributed by atoms with Crippen LogP contribution in [0.4, 0.5) is 5.69 Å². The third kappa shape index (κ3) is 3.01. The molecule has 27 heavy (non-hydrogen) atoms. The normalized spacial score (nSPS) is 22.3. The van der Waals surface area contributed by atoms with E-state index in [0.717, 1.165) is 16.5 Å². The maximum atomic E-state index is 12.5. The van der Waals surface area contributed by atoms with Crippen LogP contribution in [0.3, 0.4) is 0 Å². The summed E-state index contributed by atoms with van der Waals surface area (Å²) in [6.45, 7) is 7.24. The van der Waals surface area contributed by atoms with Crippen LogP contribution in [-0.2, 0) is 9.53 Å². The molecule has 0 N–H and O–H groups in total. The van der Waals surface area contributed by atoms with Gasteiger partial charge in [0.2, 0.25) is 0 Å². The standard InChI is InChI=1S/C19H20N2O6/c1-10(2)8-12-15(19(12,3)4)18(24)27-9-20-16(22)11-6-5-7-13(21(25)26)14(11)17(20)23/h5-8,12,15H,9H2,1-4H3/t12-,15+/m1/s1. The van der Waals surface area contributed by atoms with Gasteiger partial charge in [-0.25, -0.2) is 4.90 Å². The molecule has 1 aliphatic heterocycles. The molecule has 1 aromatic rings. The van der Waals surface area contributed by atoms with Crippen molar-refractivity contribution >= 4 is 23.5 Å². The maximum Gasteiger partial charge on any atom is 0.311 e. The number of allylic oxidation sites excluding steroid dienone is 2. The molecule has 2 aliphatic rings. The largest absolute Gasteiger partial charge is 0.443 e. The van der Waals surface area contributed by atoms with Crippen molar-refractivity contribution in [2.75, 3.05) is 6.73 Å². The smallest absolute Gasteiger partial charge is 0.311 e. The van der Waals surface area contributed by atoms with Crippen LogP contribution in [0.1, 0.15) is 48.4 Å². The van der Waals surface area contributed by atoms with Crippen LogP contribution in [0.2, 0.25) is 0 Å². The van der Waals surface area contributed by atoms with Gasteiger partial charge in [0.25, 0.3) is 17.5 Å². The zero-order chi connectivity index (χ0) is 20.1. The minimum absolute atomic E-state index is 0.0401. The molecule has 3 rings (SSSR count). The number of carbonyl (C=O) groups is 3. The molecule has 8 nitrogen and oxygen atoms in total. The molecule has 1 heterocycles. The van der Waals surface area contributed by atoms with Crippen molar-refractivity contribution in [3.05, 3.63) is 51.1 Å². The molecule has 0 bridgehead atoms. The Morgan fingerprint density at radius 2 is 1.96 bits per heavy atom. The van der Waals surface area contributed by atoms with Gasteiger partial charge in [0, 0.05) is 6.07 Å². The highest BCUT2D eigenvalue weighted by Gasteiger charge is 2.61. The molecule has 0 radical (unpaired) electrons. The highest BCUT2D eigenvalue weighted by molar-refractivity contribution is 6.23. The van der Waals surface area contributed by atoms with Crippen LogP contribution < -0.4 is 0 Å². The summed E-state index contributed by atoms with van der Waals surface area (Å²) in [6, 6.07) is 3.85. The first-order chi connectivity index (χ1) is 12.6. The molecule has 0 unspecified atom stereocenters. The van der Waals surface area contributed by atoms with Gasteiger partial charge in [-0.15, -0.1) is 0 Å². The highest BCUT2D eigenvalue weighted by atomic mass is 16.6. The number of benzene rings is 1. The van der Waals surface area contributed by atoms with Gasteiger partial charge in [0.1, 0.15) is 5.56 Å². The summed E-state index contributed by atoms with van der Waals surface area (Å²) < 4.78 is 5.22. The van der Waals surface area contributed by atoms with Gasteiger partial charge in [-0.05, 0) is 31.2 Å². The third-order valence-electron chi connectivity index (χ3n) is 5.19. The number of esters is 1. The lowest BCUT2D eigenvalue weighted by Gasteiger charge is -2.14. The van der Waals surface area contributed by atoms with Gasteiger partial charge in [-0.1, -0.05) is 31.6 Å². The Balaban J connectivity index is 1.73. The monoisotopic (exact) mass is 372 g/mol. The second-order valence-corrected chi connectivity index (χ2v) is 7.66. The molecule has 2 amide bonds. The number of ether oxygens (including phenoxy) is 1. The van der Waals surface area contributed by atoms with Gasteiger partial charge in [-0.3, -0.25) is 24.5 Å². The van der Waals surface area contributed by atoms with Crippen LogP contribution >= 0.6 is 0 Å². The molecule has 1 saturated carbocycles. The molecule has 1 aromatic carbocycles. The molecule has 8 heteroatoms. The Kier molecular flexibility index (Phi) is 4.37. The predicted octanol–water partition coefficient (Wildman–Crippen LogP) is 2.93. The number of hydrogen-bond donors (Lipinski definition) is 0. The molecule has 0 spiro atoms. The number of hydrogen-bond acceptors (Lipinski definition) is 6. The number of rotatable bonds is 5. The topological polar surface area (TPSA) is 107 Å². The summed E-state index contributed by atoms with van der Waals surface area (Å²) in [7, 11) is 0. The van der Waals surface area contributed by atoms with Gasteiger partial charge in [0.05, 0.1) is 16.4 Å². The lowest BCUT2D eigenvalue weighted by Crippen LogP contribution is -2.33. The van der Waals surface area contributed by atoms with Crippen molar-refractivity contribution in [3.8, 4) is 0 Å². The first kappa shape index (κ1) is 18.8. The van der Waals surface area contributed by atoms with Crippen LogP contribution in [0.15, 0.2) is 29.8 Å². The van der Waals surface area contributed by atoms with Gasteiger partial charge in [-0.2, -0.15) is 0 Å². The number of imide groups is 1. The first-order valence-corrected chi connectivity index (χ1v) is 8.52. The van der Waals surface area contributed by atoms with E-state index in [9.17, 15) is 24.5 Å². The third-order valence-corrected chi connectivity index (χ3v) is 5.19. The fraction of sp³-hybridized carbons (Fsp3) is 0.421. The molecule has 1 fully saturated rings. The van der Waals surface area contributed by atoms with E-state index in [1.807, 2.05) is 33.8 Å². The van der Waals surface area contributed by atoms with Crippen molar-refractivity contribution in [1.82, 2.24) is 4.90 Å². The Bertz CT molecular complexity index is 897. The van der Waals surface area contributed by atoms with Crippen LogP contribution in [0.25, 0.3) is 0 Å². The molecule has 2 atom stereocenters. The average molecular weight is 372 g/mol. The van der Waals surface area contributed by atoms with Crippen molar-refractivity contribution in [2.45, 2.75) is 27.7 Å². The molecule has 1 aliphatic carbocycles. The van der Waals surface area contributed by atoms with Gasteiger partial charge in [0.15, 0.2) is 6.73 Å². The number of nitro groups is 1. The van der Waals surface area contributed by atoms with Crippen LogP contribution in [-0.4, -0.2) is 34.3 Å². The van der Waals surface area contributed by atoms with E-state index >= 15 is 0 Å². The quantitative estimate of drug-likeness (QED) is 0.259. The van der Waals surface area contributed by atoms with Crippen molar-refractivity contribution in [2.24, 2.45) is 17.3 Å². The van der Waals surface area contributed by atoms with Crippen molar-refractivity contribution < 1.29 is 24.0 Å². The second kappa shape index (κ2) is 6.29.